The van der Waals surface area contributed by atoms with Crippen molar-refractivity contribution in [3.8, 4) is 0 Å². The summed E-state index contributed by atoms with van der Waals surface area (Å²) in [6.45, 7) is 1.22. The van der Waals surface area contributed by atoms with Crippen molar-refractivity contribution in [3.05, 3.63) is 101 Å². The van der Waals surface area contributed by atoms with Crippen LogP contribution < -0.4 is 5.32 Å². The van der Waals surface area contributed by atoms with E-state index in [0.29, 0.717) is 29.9 Å². The summed E-state index contributed by atoms with van der Waals surface area (Å²) in [6.07, 6.45) is 1.42. The Morgan fingerprint density at radius 2 is 1.59 bits per heavy atom. The first-order chi connectivity index (χ1) is 17.7. The highest BCUT2D eigenvalue weighted by Gasteiger charge is 2.25. The normalized spacial score (nSPS) is 13.8. The summed E-state index contributed by atoms with van der Waals surface area (Å²) >= 11 is 0. The Morgan fingerprint density at radius 1 is 0.919 bits per heavy atom. The zero-order valence-electron chi connectivity index (χ0n) is 20.8. The fourth-order valence-corrected chi connectivity index (χ4v) is 4.52. The number of rotatable bonds is 6. The fraction of sp³-hybridized carbons (Fsp3) is 0.276. The maximum absolute atomic E-state index is 13.8. The van der Waals surface area contributed by atoms with Crippen molar-refractivity contribution in [2.45, 2.75) is 25.2 Å². The largest absolute Gasteiger partial charge is 0.345 e. The van der Waals surface area contributed by atoms with Gasteiger partial charge in [0.1, 0.15) is 11.6 Å². The molecular weight excluding hydrogens is 476 g/mol. The van der Waals surface area contributed by atoms with E-state index in [-0.39, 0.29) is 35.6 Å². The van der Waals surface area contributed by atoms with Gasteiger partial charge in [-0.15, -0.1) is 0 Å². The summed E-state index contributed by atoms with van der Waals surface area (Å²) in [7, 11) is 3.36. The molecule has 3 aromatic carbocycles. The van der Waals surface area contributed by atoms with Gasteiger partial charge < -0.3 is 15.1 Å². The summed E-state index contributed by atoms with van der Waals surface area (Å²) in [5.74, 6) is -1.76. The molecule has 0 aromatic heterocycles. The molecule has 6 nitrogen and oxygen atoms in total. The lowest BCUT2D eigenvalue weighted by atomic mass is 9.89. The number of carbonyl (C=O) groups is 3. The number of amides is 3. The predicted octanol–water partition coefficient (Wildman–Crippen LogP) is 4.87. The topological polar surface area (TPSA) is 69.7 Å². The third kappa shape index (κ3) is 6.39. The van der Waals surface area contributed by atoms with Crippen LogP contribution in [-0.2, 0) is 11.2 Å². The van der Waals surface area contributed by atoms with Crippen LogP contribution in [0, 0.1) is 11.6 Å². The molecule has 0 spiro atoms. The van der Waals surface area contributed by atoms with Crippen LogP contribution in [0.5, 0.6) is 0 Å². The minimum Gasteiger partial charge on any atom is -0.345 e. The van der Waals surface area contributed by atoms with Gasteiger partial charge in [0.05, 0.1) is 6.42 Å². The van der Waals surface area contributed by atoms with E-state index in [1.54, 1.807) is 50.5 Å². The zero-order valence-corrected chi connectivity index (χ0v) is 20.8. The average Bonchev–Trinajstić information content (AvgIpc) is 2.90. The zero-order chi connectivity index (χ0) is 26.5. The number of hydrogen-bond acceptors (Lipinski definition) is 3. The summed E-state index contributed by atoms with van der Waals surface area (Å²) in [5.41, 5.74) is 2.84. The van der Waals surface area contributed by atoms with Crippen molar-refractivity contribution in [1.29, 1.82) is 0 Å². The average molecular weight is 506 g/mol. The van der Waals surface area contributed by atoms with Crippen molar-refractivity contribution in [3.63, 3.8) is 0 Å². The Morgan fingerprint density at radius 3 is 2.24 bits per heavy atom. The number of nitrogens with zero attached hydrogens (tertiary/aromatic N) is 2. The van der Waals surface area contributed by atoms with Gasteiger partial charge in [0.15, 0.2) is 0 Å². The Kier molecular flexibility index (Phi) is 7.96. The molecule has 192 valence electrons. The number of likely N-dealkylation sites (tertiary alicyclic amines) is 1. The first kappa shape index (κ1) is 26.0. The molecular formula is C29H29F2N3O3. The molecule has 3 amide bonds. The van der Waals surface area contributed by atoms with Crippen molar-refractivity contribution < 1.29 is 23.2 Å². The molecule has 8 heteroatoms. The molecule has 0 atom stereocenters. The van der Waals surface area contributed by atoms with Crippen LogP contribution in [0.15, 0.2) is 66.7 Å². The number of benzene rings is 3. The Hall–Kier alpha value is -4.07. The monoisotopic (exact) mass is 505 g/mol. The first-order valence-corrected chi connectivity index (χ1v) is 12.2. The second-order valence-electron chi connectivity index (χ2n) is 9.43. The van der Waals surface area contributed by atoms with E-state index in [0.717, 1.165) is 30.5 Å². The highest BCUT2D eigenvalue weighted by molar-refractivity contribution is 5.99. The third-order valence-corrected chi connectivity index (χ3v) is 6.58. The van der Waals surface area contributed by atoms with Gasteiger partial charge in [0.2, 0.25) is 5.91 Å². The van der Waals surface area contributed by atoms with Gasteiger partial charge in [-0.25, -0.2) is 8.78 Å². The standard InChI is InChI=1S/C29H29F2N3O3/c1-33(2)28(36)22-4-3-5-23(16-22)29(37)34-14-12-20(13-15-34)19-7-10-25(11-8-19)32-27(35)17-21-6-9-24(30)18-26(21)31/h3-11,16,18,20H,12-15,17H2,1-2H3,(H,32,35). The van der Waals surface area contributed by atoms with Crippen molar-refractivity contribution >= 4 is 23.4 Å². The fourth-order valence-electron chi connectivity index (χ4n) is 4.52. The van der Waals surface area contributed by atoms with E-state index in [1.165, 1.54) is 11.0 Å². The Labute approximate surface area is 214 Å². The van der Waals surface area contributed by atoms with Gasteiger partial charge in [0.25, 0.3) is 11.8 Å². The van der Waals surface area contributed by atoms with E-state index in [1.807, 2.05) is 17.0 Å². The number of anilines is 1. The van der Waals surface area contributed by atoms with E-state index < -0.39 is 11.6 Å². The molecule has 37 heavy (non-hydrogen) atoms. The molecule has 1 N–H and O–H groups in total. The van der Waals surface area contributed by atoms with Crippen LogP contribution in [0.25, 0.3) is 0 Å². The highest BCUT2D eigenvalue weighted by Crippen LogP contribution is 2.29. The first-order valence-electron chi connectivity index (χ1n) is 12.2. The van der Waals surface area contributed by atoms with E-state index in [9.17, 15) is 23.2 Å². The minimum atomic E-state index is -0.745. The Bertz CT molecular complexity index is 1300. The van der Waals surface area contributed by atoms with Gasteiger partial charge in [-0.1, -0.05) is 24.3 Å². The van der Waals surface area contributed by atoms with Crippen LogP contribution in [0.1, 0.15) is 50.6 Å². The number of halogens is 2. The van der Waals surface area contributed by atoms with Crippen LogP contribution in [-0.4, -0.2) is 54.7 Å². The lowest BCUT2D eigenvalue weighted by Gasteiger charge is -2.32. The molecule has 1 aliphatic rings. The van der Waals surface area contributed by atoms with Crippen molar-refractivity contribution in [1.82, 2.24) is 9.80 Å². The number of carbonyl (C=O) groups excluding carboxylic acids is 3. The summed E-state index contributed by atoms with van der Waals surface area (Å²) in [4.78, 5) is 40.8. The van der Waals surface area contributed by atoms with Crippen LogP contribution in [0.3, 0.4) is 0 Å². The van der Waals surface area contributed by atoms with Crippen LogP contribution >= 0.6 is 0 Å². The molecule has 0 radical (unpaired) electrons. The van der Waals surface area contributed by atoms with E-state index in [4.69, 9.17) is 0 Å². The number of hydrogen-bond donors (Lipinski definition) is 1. The smallest absolute Gasteiger partial charge is 0.253 e. The highest BCUT2D eigenvalue weighted by atomic mass is 19.1. The molecule has 1 aliphatic heterocycles. The molecule has 0 aliphatic carbocycles. The van der Waals surface area contributed by atoms with Gasteiger partial charge in [-0.2, -0.15) is 0 Å². The van der Waals surface area contributed by atoms with Gasteiger partial charge in [0, 0.05) is 50.1 Å². The summed E-state index contributed by atoms with van der Waals surface area (Å²) < 4.78 is 26.9. The summed E-state index contributed by atoms with van der Waals surface area (Å²) in [5, 5.41) is 2.74. The minimum absolute atomic E-state index is 0.0810. The van der Waals surface area contributed by atoms with Crippen molar-refractivity contribution in [2.75, 3.05) is 32.5 Å². The lowest BCUT2D eigenvalue weighted by molar-refractivity contribution is -0.115. The van der Waals surface area contributed by atoms with Gasteiger partial charge in [-0.05, 0) is 66.3 Å². The van der Waals surface area contributed by atoms with Crippen LogP contribution in [0.4, 0.5) is 14.5 Å². The van der Waals surface area contributed by atoms with E-state index >= 15 is 0 Å². The molecule has 1 heterocycles. The van der Waals surface area contributed by atoms with E-state index in [2.05, 4.69) is 5.32 Å². The number of piperidine rings is 1. The molecule has 0 saturated carbocycles. The molecule has 0 unspecified atom stereocenters. The summed E-state index contributed by atoms with van der Waals surface area (Å²) in [6, 6.07) is 17.5. The SMILES string of the molecule is CN(C)C(=O)c1cccc(C(=O)N2CCC(c3ccc(NC(=O)Cc4ccc(F)cc4F)cc3)CC2)c1. The lowest BCUT2D eigenvalue weighted by Crippen LogP contribution is -2.38. The predicted molar refractivity (Wildman–Crippen MR) is 137 cm³/mol. The molecule has 1 saturated heterocycles. The second-order valence-corrected chi connectivity index (χ2v) is 9.43. The maximum Gasteiger partial charge on any atom is 0.253 e. The second kappa shape index (κ2) is 11.3. The van der Waals surface area contributed by atoms with Crippen LogP contribution in [0.2, 0.25) is 0 Å². The maximum atomic E-state index is 13.8. The molecule has 1 fully saturated rings. The van der Waals surface area contributed by atoms with Gasteiger partial charge in [-0.3, -0.25) is 14.4 Å². The molecule has 3 aromatic rings. The number of nitrogens with one attached hydrogen (secondary N) is 1. The Balaban J connectivity index is 1.31. The van der Waals surface area contributed by atoms with Crippen molar-refractivity contribution in [2.24, 2.45) is 0 Å². The molecule has 4 rings (SSSR count). The molecule has 0 bridgehead atoms. The quantitative estimate of drug-likeness (QED) is 0.520. The van der Waals surface area contributed by atoms with Gasteiger partial charge >= 0.3 is 0 Å². The third-order valence-electron chi connectivity index (χ3n) is 6.58.